The highest BCUT2D eigenvalue weighted by molar-refractivity contribution is 5.91. The van der Waals surface area contributed by atoms with Gasteiger partial charge in [0.05, 0.1) is 12.1 Å². The molecule has 5 heteroatoms. The fourth-order valence-corrected chi connectivity index (χ4v) is 2.97. The molecule has 3 aromatic rings. The molecule has 0 saturated heterocycles. The minimum Gasteiger partial charge on any atom is -0.377 e. The lowest BCUT2D eigenvalue weighted by atomic mass is 10.1. The standard InChI is InChI=1S/C16H17N5/c1-11-9-14(12-5-2-3-6-13(12)18-11)17-10-16-20-19-15-7-4-8-21(15)16/h2-3,5-6,9H,4,7-8,10H2,1H3,(H,17,18). The summed E-state index contributed by atoms with van der Waals surface area (Å²) in [4.78, 5) is 4.57. The first-order chi connectivity index (χ1) is 10.3. The van der Waals surface area contributed by atoms with Crippen LogP contribution in [-0.4, -0.2) is 19.7 Å². The largest absolute Gasteiger partial charge is 0.377 e. The third-order valence-electron chi connectivity index (χ3n) is 3.97. The van der Waals surface area contributed by atoms with Crippen molar-refractivity contribution in [3.63, 3.8) is 0 Å². The second-order valence-electron chi connectivity index (χ2n) is 5.47. The summed E-state index contributed by atoms with van der Waals surface area (Å²) < 4.78 is 2.23. The fourth-order valence-electron chi connectivity index (χ4n) is 2.97. The molecule has 0 saturated carbocycles. The van der Waals surface area contributed by atoms with Crippen molar-refractivity contribution in [2.45, 2.75) is 32.9 Å². The number of hydrogen-bond donors (Lipinski definition) is 1. The zero-order valence-corrected chi connectivity index (χ0v) is 12.0. The average molecular weight is 279 g/mol. The van der Waals surface area contributed by atoms with Crippen molar-refractivity contribution in [1.29, 1.82) is 0 Å². The topological polar surface area (TPSA) is 55.6 Å². The molecule has 2 aromatic heterocycles. The van der Waals surface area contributed by atoms with Gasteiger partial charge in [-0.05, 0) is 25.5 Å². The number of anilines is 1. The van der Waals surface area contributed by atoms with Gasteiger partial charge in [-0.15, -0.1) is 10.2 Å². The van der Waals surface area contributed by atoms with Gasteiger partial charge in [0.2, 0.25) is 0 Å². The predicted octanol–water partition coefficient (Wildman–Crippen LogP) is 2.69. The van der Waals surface area contributed by atoms with Crippen LogP contribution in [0.1, 0.15) is 23.8 Å². The summed E-state index contributed by atoms with van der Waals surface area (Å²) >= 11 is 0. The van der Waals surface area contributed by atoms with E-state index in [0.29, 0.717) is 6.54 Å². The number of nitrogens with zero attached hydrogens (tertiary/aromatic N) is 4. The van der Waals surface area contributed by atoms with Gasteiger partial charge >= 0.3 is 0 Å². The van der Waals surface area contributed by atoms with Crippen molar-refractivity contribution >= 4 is 16.6 Å². The number of pyridine rings is 1. The molecule has 0 atom stereocenters. The van der Waals surface area contributed by atoms with Gasteiger partial charge in [0, 0.05) is 29.7 Å². The Morgan fingerprint density at radius 1 is 1.24 bits per heavy atom. The van der Waals surface area contributed by atoms with E-state index in [1.807, 2.05) is 25.1 Å². The summed E-state index contributed by atoms with van der Waals surface area (Å²) in [6.07, 6.45) is 2.22. The van der Waals surface area contributed by atoms with Crippen LogP contribution in [0.5, 0.6) is 0 Å². The van der Waals surface area contributed by atoms with Gasteiger partial charge in [-0.25, -0.2) is 0 Å². The van der Waals surface area contributed by atoms with Gasteiger partial charge in [-0.2, -0.15) is 0 Å². The Balaban J connectivity index is 1.65. The maximum absolute atomic E-state index is 4.57. The lowest BCUT2D eigenvalue weighted by Crippen LogP contribution is -2.08. The van der Waals surface area contributed by atoms with E-state index in [4.69, 9.17) is 0 Å². The smallest absolute Gasteiger partial charge is 0.152 e. The van der Waals surface area contributed by atoms with Gasteiger partial charge in [0.25, 0.3) is 0 Å². The lowest BCUT2D eigenvalue weighted by Gasteiger charge is -2.10. The Labute approximate surface area is 123 Å². The first-order valence-corrected chi connectivity index (χ1v) is 7.32. The zero-order chi connectivity index (χ0) is 14.2. The molecule has 0 radical (unpaired) electrons. The number of nitrogens with one attached hydrogen (secondary N) is 1. The highest BCUT2D eigenvalue weighted by atomic mass is 15.3. The van der Waals surface area contributed by atoms with E-state index in [1.54, 1.807) is 0 Å². The summed E-state index contributed by atoms with van der Waals surface area (Å²) in [7, 11) is 0. The molecule has 0 amide bonds. The average Bonchev–Trinajstić information content (AvgIpc) is 3.08. The monoisotopic (exact) mass is 279 g/mol. The zero-order valence-electron chi connectivity index (χ0n) is 12.0. The van der Waals surface area contributed by atoms with Gasteiger partial charge in [-0.3, -0.25) is 4.98 Å². The lowest BCUT2D eigenvalue weighted by molar-refractivity contribution is 0.696. The molecule has 21 heavy (non-hydrogen) atoms. The number of hydrogen-bond acceptors (Lipinski definition) is 4. The van der Waals surface area contributed by atoms with Crippen LogP contribution in [0.25, 0.3) is 10.9 Å². The molecule has 1 N–H and O–H groups in total. The summed E-state index contributed by atoms with van der Waals surface area (Å²) in [5.41, 5.74) is 3.14. The van der Waals surface area contributed by atoms with Gasteiger partial charge < -0.3 is 9.88 Å². The van der Waals surface area contributed by atoms with Crippen molar-refractivity contribution in [2.75, 3.05) is 5.32 Å². The quantitative estimate of drug-likeness (QED) is 0.801. The van der Waals surface area contributed by atoms with Crippen LogP contribution in [0.15, 0.2) is 30.3 Å². The molecule has 5 nitrogen and oxygen atoms in total. The van der Waals surface area contributed by atoms with Crippen LogP contribution in [0, 0.1) is 6.92 Å². The van der Waals surface area contributed by atoms with Crippen molar-refractivity contribution in [3.05, 3.63) is 47.7 Å². The predicted molar refractivity (Wildman–Crippen MR) is 82.1 cm³/mol. The van der Waals surface area contributed by atoms with Gasteiger partial charge in [0.15, 0.2) is 5.82 Å². The van der Waals surface area contributed by atoms with Crippen molar-refractivity contribution in [3.8, 4) is 0 Å². The minimum absolute atomic E-state index is 0.695. The molecule has 0 spiro atoms. The van der Waals surface area contributed by atoms with Crippen LogP contribution in [-0.2, 0) is 19.5 Å². The molecule has 1 aromatic carbocycles. The molecule has 4 rings (SSSR count). The molecular weight excluding hydrogens is 262 g/mol. The van der Waals surface area contributed by atoms with Crippen molar-refractivity contribution in [2.24, 2.45) is 0 Å². The second-order valence-corrected chi connectivity index (χ2v) is 5.47. The Bertz CT molecular complexity index is 806. The summed E-state index contributed by atoms with van der Waals surface area (Å²) in [5.74, 6) is 2.13. The van der Waals surface area contributed by atoms with Crippen molar-refractivity contribution < 1.29 is 0 Å². The molecule has 0 bridgehead atoms. The molecule has 1 aliphatic rings. The van der Waals surface area contributed by atoms with E-state index in [2.05, 4.69) is 37.2 Å². The summed E-state index contributed by atoms with van der Waals surface area (Å²) in [6, 6.07) is 10.3. The van der Waals surface area contributed by atoms with Crippen LogP contribution in [0.3, 0.4) is 0 Å². The molecule has 0 unspecified atom stereocenters. The maximum atomic E-state index is 4.57. The van der Waals surface area contributed by atoms with Crippen LogP contribution in [0.2, 0.25) is 0 Å². The highest BCUT2D eigenvalue weighted by Gasteiger charge is 2.17. The number of rotatable bonds is 3. The van der Waals surface area contributed by atoms with Gasteiger partial charge in [0.1, 0.15) is 5.82 Å². The third-order valence-corrected chi connectivity index (χ3v) is 3.97. The minimum atomic E-state index is 0.695. The normalized spacial score (nSPS) is 13.6. The van der Waals surface area contributed by atoms with Gasteiger partial charge in [-0.1, -0.05) is 18.2 Å². The SMILES string of the molecule is Cc1cc(NCc2nnc3n2CCC3)c2ccccc2n1. The van der Waals surface area contributed by atoms with E-state index in [9.17, 15) is 0 Å². The van der Waals surface area contributed by atoms with Crippen LogP contribution in [0.4, 0.5) is 5.69 Å². The molecule has 106 valence electrons. The Morgan fingerprint density at radius 2 is 2.14 bits per heavy atom. The van der Waals surface area contributed by atoms with Crippen LogP contribution < -0.4 is 5.32 Å². The van der Waals surface area contributed by atoms with E-state index in [-0.39, 0.29) is 0 Å². The van der Waals surface area contributed by atoms with Crippen LogP contribution >= 0.6 is 0 Å². The summed E-state index contributed by atoms with van der Waals surface area (Å²) in [6.45, 7) is 3.75. The molecule has 0 aliphatic carbocycles. The Morgan fingerprint density at radius 3 is 3.10 bits per heavy atom. The summed E-state index contributed by atoms with van der Waals surface area (Å²) in [5, 5.41) is 13.2. The Hall–Kier alpha value is -2.43. The van der Waals surface area contributed by atoms with E-state index in [0.717, 1.165) is 46.9 Å². The van der Waals surface area contributed by atoms with Crippen molar-refractivity contribution in [1.82, 2.24) is 19.7 Å². The molecular formula is C16H17N5. The first-order valence-electron chi connectivity index (χ1n) is 7.32. The highest BCUT2D eigenvalue weighted by Crippen LogP contribution is 2.23. The molecule has 3 heterocycles. The second kappa shape index (κ2) is 4.84. The number of aromatic nitrogens is 4. The van der Waals surface area contributed by atoms with E-state index in [1.165, 1.54) is 6.42 Å². The number of benzene rings is 1. The molecule has 0 fully saturated rings. The van der Waals surface area contributed by atoms with E-state index < -0.39 is 0 Å². The molecule has 1 aliphatic heterocycles. The Kier molecular flexibility index (Phi) is 2.84. The number of fused-ring (bicyclic) bond motifs is 2. The number of aryl methyl sites for hydroxylation is 2. The van der Waals surface area contributed by atoms with E-state index >= 15 is 0 Å². The third kappa shape index (κ3) is 2.14. The number of para-hydroxylation sites is 1. The first kappa shape index (κ1) is 12.3. The maximum Gasteiger partial charge on any atom is 0.152 e. The fraction of sp³-hybridized carbons (Fsp3) is 0.312.